The Hall–Kier alpha value is -2.55. The van der Waals surface area contributed by atoms with Crippen LogP contribution in [0.3, 0.4) is 0 Å². The lowest BCUT2D eigenvalue weighted by molar-refractivity contribution is 0.340. The molecule has 0 aliphatic heterocycles. The summed E-state index contributed by atoms with van der Waals surface area (Å²) in [5, 5.41) is 1.46. The third-order valence-electron chi connectivity index (χ3n) is 3.83. The van der Waals surface area contributed by atoms with Crippen molar-refractivity contribution in [3.8, 4) is 17.1 Å². The standard InChI is InChI=1S/C19H18O3/c1-4-21-17-10-13(3)12(2)9-16(17)18-11-14-7-5-6-8-15(14)19(20)22-18/h5-11H,4H2,1-3H3. The Bertz CT molecular complexity index is 891. The molecular formula is C19H18O3. The van der Waals surface area contributed by atoms with Gasteiger partial charge in [0.1, 0.15) is 11.5 Å². The molecule has 0 spiro atoms. The number of benzene rings is 2. The summed E-state index contributed by atoms with van der Waals surface area (Å²) in [4.78, 5) is 12.2. The highest BCUT2D eigenvalue weighted by Gasteiger charge is 2.13. The summed E-state index contributed by atoms with van der Waals surface area (Å²) in [5.74, 6) is 1.28. The van der Waals surface area contributed by atoms with E-state index < -0.39 is 0 Å². The zero-order chi connectivity index (χ0) is 15.7. The maximum absolute atomic E-state index is 12.2. The zero-order valence-electron chi connectivity index (χ0n) is 13.0. The summed E-state index contributed by atoms with van der Waals surface area (Å²) in [7, 11) is 0. The Kier molecular flexibility index (Phi) is 3.72. The predicted octanol–water partition coefficient (Wildman–Crippen LogP) is 4.48. The van der Waals surface area contributed by atoms with Crippen LogP contribution < -0.4 is 10.4 Å². The van der Waals surface area contributed by atoms with Crippen LogP contribution in [0.2, 0.25) is 0 Å². The highest BCUT2D eigenvalue weighted by Crippen LogP contribution is 2.33. The molecule has 0 radical (unpaired) electrons. The summed E-state index contributed by atoms with van der Waals surface area (Å²) in [6, 6.07) is 13.3. The average molecular weight is 294 g/mol. The molecule has 0 aliphatic rings. The normalized spacial score (nSPS) is 10.9. The second-order valence-electron chi connectivity index (χ2n) is 5.35. The molecule has 0 bridgehead atoms. The molecule has 3 heteroatoms. The SMILES string of the molecule is CCOc1cc(C)c(C)cc1-c1cc2ccccc2c(=O)o1. The molecule has 22 heavy (non-hydrogen) atoms. The predicted molar refractivity (Wildman–Crippen MR) is 88.6 cm³/mol. The molecule has 1 aromatic heterocycles. The lowest BCUT2D eigenvalue weighted by atomic mass is 10.0. The maximum atomic E-state index is 12.2. The van der Waals surface area contributed by atoms with Gasteiger partial charge in [0.15, 0.2) is 0 Å². The lowest BCUT2D eigenvalue weighted by Crippen LogP contribution is -2.02. The van der Waals surface area contributed by atoms with Crippen molar-refractivity contribution in [3.63, 3.8) is 0 Å². The van der Waals surface area contributed by atoms with E-state index >= 15 is 0 Å². The smallest absolute Gasteiger partial charge is 0.344 e. The van der Waals surface area contributed by atoms with E-state index in [0.717, 1.165) is 27.8 Å². The van der Waals surface area contributed by atoms with E-state index in [1.165, 1.54) is 0 Å². The van der Waals surface area contributed by atoms with Gasteiger partial charge in [-0.15, -0.1) is 0 Å². The summed E-state index contributed by atoms with van der Waals surface area (Å²) in [6.07, 6.45) is 0. The number of hydrogen-bond acceptors (Lipinski definition) is 3. The topological polar surface area (TPSA) is 39.4 Å². The second kappa shape index (κ2) is 5.68. The van der Waals surface area contributed by atoms with Gasteiger partial charge in [0.05, 0.1) is 17.6 Å². The molecule has 0 N–H and O–H groups in total. The van der Waals surface area contributed by atoms with Crippen molar-refractivity contribution in [2.75, 3.05) is 6.61 Å². The monoisotopic (exact) mass is 294 g/mol. The van der Waals surface area contributed by atoms with E-state index in [0.29, 0.717) is 17.8 Å². The van der Waals surface area contributed by atoms with Gasteiger partial charge in [0.2, 0.25) is 0 Å². The Morgan fingerprint density at radius 1 is 1.05 bits per heavy atom. The van der Waals surface area contributed by atoms with Gasteiger partial charge in [-0.3, -0.25) is 0 Å². The van der Waals surface area contributed by atoms with E-state index in [1.54, 1.807) is 6.07 Å². The minimum atomic E-state index is -0.325. The van der Waals surface area contributed by atoms with E-state index in [-0.39, 0.29) is 5.63 Å². The summed E-state index contributed by atoms with van der Waals surface area (Å²) >= 11 is 0. The minimum absolute atomic E-state index is 0.325. The van der Waals surface area contributed by atoms with E-state index in [4.69, 9.17) is 9.15 Å². The lowest BCUT2D eigenvalue weighted by Gasteiger charge is -2.13. The highest BCUT2D eigenvalue weighted by atomic mass is 16.5. The molecule has 3 nitrogen and oxygen atoms in total. The molecule has 0 saturated heterocycles. The molecule has 2 aromatic carbocycles. The first kappa shape index (κ1) is 14.4. The fourth-order valence-electron chi connectivity index (χ4n) is 2.52. The van der Waals surface area contributed by atoms with Crippen molar-refractivity contribution in [1.29, 1.82) is 0 Å². The Morgan fingerprint density at radius 2 is 1.77 bits per heavy atom. The molecule has 0 unspecified atom stereocenters. The number of ether oxygens (including phenoxy) is 1. The van der Waals surface area contributed by atoms with Gasteiger partial charge in [0.25, 0.3) is 0 Å². The molecular weight excluding hydrogens is 276 g/mol. The van der Waals surface area contributed by atoms with Crippen LogP contribution in [0, 0.1) is 13.8 Å². The van der Waals surface area contributed by atoms with E-state index in [9.17, 15) is 4.79 Å². The van der Waals surface area contributed by atoms with Crippen LogP contribution in [0.25, 0.3) is 22.1 Å². The average Bonchev–Trinajstić information content (AvgIpc) is 2.51. The molecule has 0 atom stereocenters. The maximum Gasteiger partial charge on any atom is 0.344 e. The third-order valence-corrected chi connectivity index (χ3v) is 3.83. The molecule has 0 saturated carbocycles. The van der Waals surface area contributed by atoms with Gasteiger partial charge < -0.3 is 9.15 Å². The Morgan fingerprint density at radius 3 is 2.55 bits per heavy atom. The van der Waals surface area contributed by atoms with Crippen LogP contribution in [0.15, 0.2) is 51.7 Å². The third kappa shape index (κ3) is 2.50. The van der Waals surface area contributed by atoms with Crippen LogP contribution in [0.5, 0.6) is 5.75 Å². The first-order valence-corrected chi connectivity index (χ1v) is 7.37. The van der Waals surface area contributed by atoms with Crippen LogP contribution in [0.1, 0.15) is 18.1 Å². The quantitative estimate of drug-likeness (QED) is 0.715. The highest BCUT2D eigenvalue weighted by molar-refractivity contribution is 5.85. The molecule has 3 aromatic rings. The molecule has 112 valence electrons. The van der Waals surface area contributed by atoms with Crippen LogP contribution in [0.4, 0.5) is 0 Å². The fraction of sp³-hybridized carbons (Fsp3) is 0.211. The van der Waals surface area contributed by atoms with Crippen molar-refractivity contribution < 1.29 is 9.15 Å². The van der Waals surface area contributed by atoms with Crippen molar-refractivity contribution in [1.82, 2.24) is 0 Å². The van der Waals surface area contributed by atoms with Crippen LogP contribution in [-0.2, 0) is 0 Å². The largest absolute Gasteiger partial charge is 0.493 e. The number of aryl methyl sites for hydroxylation is 2. The number of fused-ring (bicyclic) bond motifs is 1. The second-order valence-corrected chi connectivity index (χ2v) is 5.35. The van der Waals surface area contributed by atoms with Crippen molar-refractivity contribution in [3.05, 3.63) is 64.0 Å². The fourth-order valence-corrected chi connectivity index (χ4v) is 2.52. The zero-order valence-corrected chi connectivity index (χ0v) is 13.0. The van der Waals surface area contributed by atoms with Crippen molar-refractivity contribution >= 4 is 10.8 Å². The van der Waals surface area contributed by atoms with E-state index in [1.807, 2.05) is 57.2 Å². The Balaban J connectivity index is 2.27. The van der Waals surface area contributed by atoms with Crippen LogP contribution >= 0.6 is 0 Å². The minimum Gasteiger partial charge on any atom is -0.493 e. The molecule has 3 rings (SSSR count). The number of hydrogen-bond donors (Lipinski definition) is 0. The van der Waals surface area contributed by atoms with Gasteiger partial charge in [-0.05, 0) is 61.5 Å². The van der Waals surface area contributed by atoms with Gasteiger partial charge in [0, 0.05) is 0 Å². The first-order chi connectivity index (χ1) is 10.6. The Labute approximate surface area is 129 Å². The number of rotatable bonds is 3. The summed E-state index contributed by atoms with van der Waals surface area (Å²) in [5.41, 5.74) is 2.77. The van der Waals surface area contributed by atoms with Crippen molar-refractivity contribution in [2.45, 2.75) is 20.8 Å². The molecule has 0 amide bonds. The van der Waals surface area contributed by atoms with Crippen molar-refractivity contribution in [2.24, 2.45) is 0 Å². The summed E-state index contributed by atoms with van der Waals surface area (Å²) < 4.78 is 11.2. The molecule has 0 fully saturated rings. The molecule has 0 aliphatic carbocycles. The first-order valence-electron chi connectivity index (χ1n) is 7.37. The van der Waals surface area contributed by atoms with Gasteiger partial charge >= 0.3 is 5.63 Å². The molecule has 1 heterocycles. The van der Waals surface area contributed by atoms with Gasteiger partial charge in [-0.25, -0.2) is 4.79 Å². The van der Waals surface area contributed by atoms with Crippen LogP contribution in [-0.4, -0.2) is 6.61 Å². The van der Waals surface area contributed by atoms with Gasteiger partial charge in [-0.2, -0.15) is 0 Å². The van der Waals surface area contributed by atoms with E-state index in [2.05, 4.69) is 0 Å². The summed E-state index contributed by atoms with van der Waals surface area (Å²) in [6.45, 7) is 6.58. The van der Waals surface area contributed by atoms with Gasteiger partial charge in [-0.1, -0.05) is 18.2 Å².